The van der Waals surface area contributed by atoms with Gasteiger partial charge in [0.25, 0.3) is 0 Å². The van der Waals surface area contributed by atoms with Crippen LogP contribution < -0.4 is 0 Å². The van der Waals surface area contributed by atoms with Crippen LogP contribution in [0.3, 0.4) is 0 Å². The van der Waals surface area contributed by atoms with Gasteiger partial charge in [0.15, 0.2) is 6.29 Å². The summed E-state index contributed by atoms with van der Waals surface area (Å²) in [5, 5.41) is 9.79. The van der Waals surface area contributed by atoms with E-state index in [1.807, 2.05) is 0 Å². The van der Waals surface area contributed by atoms with Crippen molar-refractivity contribution in [2.75, 3.05) is 33.0 Å². The van der Waals surface area contributed by atoms with Crippen LogP contribution in [0.1, 0.15) is 175 Å². The molecule has 0 spiro atoms. The lowest BCUT2D eigenvalue weighted by molar-refractivity contribution is -0.161. The molecule has 0 fully saturated rings. The second-order valence-corrected chi connectivity index (χ2v) is 12.7. The van der Waals surface area contributed by atoms with Crippen molar-refractivity contribution in [3.8, 4) is 0 Å². The van der Waals surface area contributed by atoms with Gasteiger partial charge in [-0.05, 0) is 31.6 Å². The Labute approximate surface area is 271 Å². The van der Waals surface area contributed by atoms with Crippen molar-refractivity contribution >= 4 is 11.9 Å². The van der Waals surface area contributed by atoms with Crippen LogP contribution in [0, 0.1) is 11.8 Å². The van der Waals surface area contributed by atoms with Crippen LogP contribution >= 0.6 is 0 Å². The highest BCUT2D eigenvalue weighted by Gasteiger charge is 2.19. The van der Waals surface area contributed by atoms with Gasteiger partial charge in [0, 0.05) is 26.1 Å². The Morgan fingerprint density at radius 1 is 0.523 bits per heavy atom. The van der Waals surface area contributed by atoms with Gasteiger partial charge in [-0.1, -0.05) is 130 Å². The molecule has 0 saturated carbocycles. The van der Waals surface area contributed by atoms with Crippen LogP contribution in [0.4, 0.5) is 0 Å². The molecular formula is C37H72O7. The number of esters is 2. The van der Waals surface area contributed by atoms with Crippen molar-refractivity contribution in [3.63, 3.8) is 0 Å². The van der Waals surface area contributed by atoms with E-state index < -0.39 is 12.2 Å². The van der Waals surface area contributed by atoms with Crippen molar-refractivity contribution in [2.45, 2.75) is 182 Å². The van der Waals surface area contributed by atoms with E-state index in [1.165, 1.54) is 70.6 Å². The smallest absolute Gasteiger partial charge is 0.306 e. The summed E-state index contributed by atoms with van der Waals surface area (Å²) in [6.07, 6.45) is 24.1. The topological polar surface area (TPSA) is 91.3 Å². The van der Waals surface area contributed by atoms with Gasteiger partial charge < -0.3 is 24.1 Å². The highest BCUT2D eigenvalue weighted by atomic mass is 16.7. The second kappa shape index (κ2) is 33.2. The number of carbonyl (C=O) groups is 2. The average molecular weight is 629 g/mol. The molecule has 0 aromatic carbocycles. The summed E-state index contributed by atoms with van der Waals surface area (Å²) in [5.74, 6) is -0.647. The Hall–Kier alpha value is -1.18. The summed E-state index contributed by atoms with van der Waals surface area (Å²) in [6, 6.07) is 0. The lowest BCUT2D eigenvalue weighted by Crippen LogP contribution is -2.25. The molecule has 1 N–H and O–H groups in total. The first kappa shape index (κ1) is 42.8. The fourth-order valence-electron chi connectivity index (χ4n) is 5.29. The van der Waals surface area contributed by atoms with E-state index in [0.29, 0.717) is 32.0 Å². The Balaban J connectivity index is 4.49. The minimum absolute atomic E-state index is 0.0286. The van der Waals surface area contributed by atoms with Gasteiger partial charge in [-0.25, -0.2) is 0 Å². The first-order valence-corrected chi connectivity index (χ1v) is 18.7. The molecule has 7 nitrogen and oxygen atoms in total. The number of ether oxygens (including phenoxy) is 4. The zero-order valence-electron chi connectivity index (χ0n) is 29.4. The van der Waals surface area contributed by atoms with Gasteiger partial charge in [0.05, 0.1) is 32.2 Å². The van der Waals surface area contributed by atoms with Crippen molar-refractivity contribution in [1.29, 1.82) is 0 Å². The molecule has 0 aromatic heterocycles. The third-order valence-electron chi connectivity index (χ3n) is 8.29. The van der Waals surface area contributed by atoms with E-state index in [2.05, 4.69) is 27.7 Å². The van der Waals surface area contributed by atoms with Crippen molar-refractivity contribution in [2.24, 2.45) is 11.8 Å². The molecule has 44 heavy (non-hydrogen) atoms. The lowest BCUT2D eigenvalue weighted by Gasteiger charge is -2.20. The minimum atomic E-state index is -0.426. The minimum Gasteiger partial charge on any atom is -0.465 e. The SMILES string of the molecule is CCCCCCCCOC(CCC(=O)OCC(CO)COC(=O)CC(CCCC)CCCCCC)OCCCCCCCC. The van der Waals surface area contributed by atoms with Crippen LogP contribution in [0.15, 0.2) is 0 Å². The molecule has 0 bridgehead atoms. The van der Waals surface area contributed by atoms with Gasteiger partial charge >= 0.3 is 11.9 Å². The third-order valence-corrected chi connectivity index (χ3v) is 8.29. The number of carbonyl (C=O) groups excluding carboxylic acids is 2. The van der Waals surface area contributed by atoms with Crippen molar-refractivity contribution in [3.05, 3.63) is 0 Å². The maximum atomic E-state index is 12.5. The quantitative estimate of drug-likeness (QED) is 0.0431. The predicted octanol–water partition coefficient (Wildman–Crippen LogP) is 9.71. The van der Waals surface area contributed by atoms with Crippen LogP contribution in [-0.4, -0.2) is 56.4 Å². The second-order valence-electron chi connectivity index (χ2n) is 12.7. The van der Waals surface area contributed by atoms with E-state index in [4.69, 9.17) is 18.9 Å². The van der Waals surface area contributed by atoms with Gasteiger partial charge in [-0.3, -0.25) is 9.59 Å². The number of hydrogen-bond donors (Lipinski definition) is 1. The van der Waals surface area contributed by atoms with E-state index in [0.717, 1.165) is 57.8 Å². The highest BCUT2D eigenvalue weighted by Crippen LogP contribution is 2.21. The molecule has 0 saturated heterocycles. The fraction of sp³-hybridized carbons (Fsp3) is 0.946. The standard InChI is InChI=1S/C37H72O7/c1-5-9-13-16-18-21-27-41-37(42-28-22-19-17-14-10-6-2)26-25-35(39)43-31-34(30-38)32-44-36(40)29-33(23-12-8-4)24-20-15-11-7-3/h33-34,37-38H,5-32H2,1-4H3. The zero-order chi connectivity index (χ0) is 32.5. The molecule has 0 aliphatic heterocycles. The Bertz CT molecular complexity index is 609. The van der Waals surface area contributed by atoms with E-state index in [-0.39, 0.29) is 38.2 Å². The van der Waals surface area contributed by atoms with E-state index in [1.54, 1.807) is 0 Å². The van der Waals surface area contributed by atoms with Crippen molar-refractivity contribution < 1.29 is 33.6 Å². The Morgan fingerprint density at radius 3 is 1.50 bits per heavy atom. The van der Waals surface area contributed by atoms with Crippen LogP contribution in [0.2, 0.25) is 0 Å². The molecule has 2 atom stereocenters. The van der Waals surface area contributed by atoms with E-state index >= 15 is 0 Å². The van der Waals surface area contributed by atoms with Crippen LogP contribution in [0.5, 0.6) is 0 Å². The highest BCUT2D eigenvalue weighted by molar-refractivity contribution is 5.70. The largest absolute Gasteiger partial charge is 0.465 e. The number of unbranched alkanes of at least 4 members (excludes halogenated alkanes) is 14. The number of aliphatic hydroxyl groups excluding tert-OH is 1. The zero-order valence-corrected chi connectivity index (χ0v) is 29.4. The summed E-state index contributed by atoms with van der Waals surface area (Å²) in [5.41, 5.74) is 0. The molecule has 2 unspecified atom stereocenters. The predicted molar refractivity (Wildman–Crippen MR) is 181 cm³/mol. The van der Waals surface area contributed by atoms with Gasteiger partial charge in [0.1, 0.15) is 0 Å². The van der Waals surface area contributed by atoms with Crippen LogP contribution in [-0.2, 0) is 28.5 Å². The molecule has 0 aromatic rings. The Kier molecular flexibility index (Phi) is 32.3. The molecule has 0 aliphatic rings. The van der Waals surface area contributed by atoms with Gasteiger partial charge in [0.2, 0.25) is 0 Å². The lowest BCUT2D eigenvalue weighted by atomic mass is 9.92. The Morgan fingerprint density at radius 2 is 0.977 bits per heavy atom. The summed E-state index contributed by atoms with van der Waals surface area (Å²) < 4.78 is 23.0. The summed E-state index contributed by atoms with van der Waals surface area (Å²) in [7, 11) is 0. The fourth-order valence-corrected chi connectivity index (χ4v) is 5.29. The number of hydrogen-bond acceptors (Lipinski definition) is 7. The molecular weight excluding hydrogens is 556 g/mol. The first-order chi connectivity index (χ1) is 21.5. The van der Waals surface area contributed by atoms with Crippen LogP contribution in [0.25, 0.3) is 0 Å². The van der Waals surface area contributed by atoms with Crippen molar-refractivity contribution in [1.82, 2.24) is 0 Å². The summed E-state index contributed by atoms with van der Waals surface area (Å²) in [4.78, 5) is 25.1. The third kappa shape index (κ3) is 28.3. The van der Waals surface area contributed by atoms with Gasteiger partial charge in [-0.15, -0.1) is 0 Å². The molecule has 0 aliphatic carbocycles. The molecule has 262 valence electrons. The maximum absolute atomic E-state index is 12.5. The molecule has 0 amide bonds. The molecule has 0 rings (SSSR count). The summed E-state index contributed by atoms with van der Waals surface area (Å²) >= 11 is 0. The maximum Gasteiger partial charge on any atom is 0.306 e. The molecule has 0 heterocycles. The first-order valence-electron chi connectivity index (χ1n) is 18.7. The molecule has 0 radical (unpaired) electrons. The normalized spacial score (nSPS) is 12.9. The average Bonchev–Trinajstić information content (AvgIpc) is 3.03. The summed E-state index contributed by atoms with van der Waals surface area (Å²) in [6.45, 7) is 9.98. The number of rotatable bonds is 34. The number of aliphatic hydroxyl groups is 1. The van der Waals surface area contributed by atoms with E-state index in [9.17, 15) is 14.7 Å². The monoisotopic (exact) mass is 629 g/mol. The van der Waals surface area contributed by atoms with Gasteiger partial charge in [-0.2, -0.15) is 0 Å². The molecule has 7 heteroatoms.